The minimum absolute atomic E-state index is 0.226. The second kappa shape index (κ2) is 7.41. The van der Waals surface area contributed by atoms with Gasteiger partial charge in [-0.05, 0) is 19.5 Å². The van der Waals surface area contributed by atoms with Crippen molar-refractivity contribution in [2.24, 2.45) is 0 Å². The number of esters is 1. The van der Waals surface area contributed by atoms with Gasteiger partial charge in [0.1, 0.15) is 11.8 Å². The fourth-order valence-electron chi connectivity index (χ4n) is 1.58. The number of rotatable bonds is 6. The molecule has 0 fully saturated rings. The minimum Gasteiger partial charge on any atom is -0.465 e. The van der Waals surface area contributed by atoms with E-state index in [0.29, 0.717) is 25.4 Å². The summed E-state index contributed by atoms with van der Waals surface area (Å²) in [7, 11) is 0. The van der Waals surface area contributed by atoms with Crippen molar-refractivity contribution in [1.29, 1.82) is 5.26 Å². The van der Waals surface area contributed by atoms with E-state index < -0.39 is 0 Å². The van der Waals surface area contributed by atoms with E-state index in [4.69, 9.17) is 10.00 Å². The molecule has 0 saturated heterocycles. The second-order valence-electron chi connectivity index (χ2n) is 3.73. The van der Waals surface area contributed by atoms with Gasteiger partial charge < -0.3 is 4.74 Å². The molecule has 1 aromatic rings. The number of likely N-dealkylation sites (N-methyl/N-ethyl adjacent to an activating group) is 1. The number of ether oxygens (including phenoxy) is 1. The zero-order chi connectivity index (χ0) is 13.4. The number of hydrogen-bond donors (Lipinski definition) is 0. The quantitative estimate of drug-likeness (QED) is 0.710. The van der Waals surface area contributed by atoms with E-state index in [0.717, 1.165) is 5.56 Å². The number of nitrogens with zero attached hydrogens (tertiary/aromatic N) is 3. The molecule has 1 aromatic heterocycles. The first kappa shape index (κ1) is 14.1. The van der Waals surface area contributed by atoms with E-state index in [-0.39, 0.29) is 12.5 Å². The Morgan fingerprint density at radius 3 is 2.94 bits per heavy atom. The summed E-state index contributed by atoms with van der Waals surface area (Å²) in [5.74, 6) is -0.248. The lowest BCUT2D eigenvalue weighted by Gasteiger charge is -2.19. The van der Waals surface area contributed by atoms with Crippen LogP contribution in [0.2, 0.25) is 0 Å². The molecule has 0 aliphatic heterocycles. The van der Waals surface area contributed by atoms with E-state index in [2.05, 4.69) is 4.98 Å². The van der Waals surface area contributed by atoms with Crippen molar-refractivity contribution in [3.63, 3.8) is 0 Å². The maximum atomic E-state index is 11.4. The number of nitriles is 1. The first-order valence-electron chi connectivity index (χ1n) is 5.93. The molecule has 0 amide bonds. The van der Waals surface area contributed by atoms with Crippen LogP contribution in [0.25, 0.3) is 0 Å². The Bertz CT molecular complexity index is 440. The molecule has 5 nitrogen and oxygen atoms in total. The predicted octanol–water partition coefficient (Wildman–Crippen LogP) is 1.34. The zero-order valence-corrected chi connectivity index (χ0v) is 10.7. The number of hydrogen-bond acceptors (Lipinski definition) is 5. The molecule has 0 bridgehead atoms. The molecular weight excluding hydrogens is 230 g/mol. The van der Waals surface area contributed by atoms with Crippen LogP contribution in [0.1, 0.15) is 25.1 Å². The van der Waals surface area contributed by atoms with Crippen LogP contribution >= 0.6 is 0 Å². The molecule has 1 rings (SSSR count). The van der Waals surface area contributed by atoms with Crippen LogP contribution in [-0.2, 0) is 16.1 Å². The maximum Gasteiger partial charge on any atom is 0.320 e. The van der Waals surface area contributed by atoms with Gasteiger partial charge in [0.25, 0.3) is 0 Å². The van der Waals surface area contributed by atoms with Gasteiger partial charge in [0.15, 0.2) is 0 Å². The third kappa shape index (κ3) is 4.15. The van der Waals surface area contributed by atoms with Crippen molar-refractivity contribution in [1.82, 2.24) is 9.88 Å². The number of carbonyl (C=O) groups is 1. The summed E-state index contributed by atoms with van der Waals surface area (Å²) < 4.78 is 4.91. The second-order valence-corrected chi connectivity index (χ2v) is 3.73. The minimum atomic E-state index is -0.248. The molecule has 96 valence electrons. The summed E-state index contributed by atoms with van der Waals surface area (Å²) in [5.41, 5.74) is 1.23. The van der Waals surface area contributed by atoms with Gasteiger partial charge in [-0.25, -0.2) is 4.98 Å². The van der Waals surface area contributed by atoms with E-state index in [9.17, 15) is 4.79 Å². The smallest absolute Gasteiger partial charge is 0.320 e. The van der Waals surface area contributed by atoms with Crippen molar-refractivity contribution in [3.8, 4) is 6.07 Å². The Hall–Kier alpha value is -1.93. The van der Waals surface area contributed by atoms with Gasteiger partial charge in [-0.3, -0.25) is 9.69 Å². The number of carbonyl (C=O) groups excluding carboxylic acids is 1. The standard InChI is InChI=1S/C13H17N3O2/c1-3-16(10-13(17)18-4-2)9-11-6-5-7-15-12(11)8-14/h5-7H,3-4,9-10H2,1-2H3. The molecular formula is C13H17N3O2. The third-order valence-corrected chi connectivity index (χ3v) is 2.50. The summed E-state index contributed by atoms with van der Waals surface area (Å²) in [6.07, 6.45) is 1.59. The molecule has 0 atom stereocenters. The van der Waals surface area contributed by atoms with Gasteiger partial charge in [0.2, 0.25) is 0 Å². The van der Waals surface area contributed by atoms with Gasteiger partial charge >= 0.3 is 5.97 Å². The van der Waals surface area contributed by atoms with E-state index in [1.165, 1.54) is 0 Å². The van der Waals surface area contributed by atoms with Crippen molar-refractivity contribution in [3.05, 3.63) is 29.6 Å². The molecule has 5 heteroatoms. The summed E-state index contributed by atoms with van der Waals surface area (Å²) in [6.45, 7) is 5.58. The SMILES string of the molecule is CCOC(=O)CN(CC)Cc1cccnc1C#N. The van der Waals surface area contributed by atoms with Crippen LogP contribution in [0, 0.1) is 11.3 Å². The molecule has 0 N–H and O–H groups in total. The van der Waals surface area contributed by atoms with Gasteiger partial charge in [-0.1, -0.05) is 13.0 Å². The summed E-state index contributed by atoms with van der Waals surface area (Å²) in [4.78, 5) is 17.3. The molecule has 0 unspecified atom stereocenters. The van der Waals surface area contributed by atoms with Crippen LogP contribution in [0.4, 0.5) is 0 Å². The topological polar surface area (TPSA) is 66.2 Å². The Labute approximate surface area is 107 Å². The highest BCUT2D eigenvalue weighted by Crippen LogP contribution is 2.08. The predicted molar refractivity (Wildman–Crippen MR) is 66.5 cm³/mol. The normalized spacial score (nSPS) is 10.1. The maximum absolute atomic E-state index is 11.4. The van der Waals surface area contributed by atoms with E-state index >= 15 is 0 Å². The molecule has 18 heavy (non-hydrogen) atoms. The molecule has 0 aromatic carbocycles. The molecule has 0 radical (unpaired) electrons. The Morgan fingerprint density at radius 1 is 1.56 bits per heavy atom. The van der Waals surface area contributed by atoms with Crippen LogP contribution in [0.5, 0.6) is 0 Å². The monoisotopic (exact) mass is 247 g/mol. The molecule has 0 aliphatic carbocycles. The summed E-state index contributed by atoms with van der Waals surface area (Å²) in [5, 5.41) is 8.95. The van der Waals surface area contributed by atoms with Crippen molar-refractivity contribution in [2.75, 3.05) is 19.7 Å². The van der Waals surface area contributed by atoms with Gasteiger partial charge in [-0.2, -0.15) is 5.26 Å². The van der Waals surface area contributed by atoms with Gasteiger partial charge in [-0.15, -0.1) is 0 Å². The molecule has 1 heterocycles. The zero-order valence-electron chi connectivity index (χ0n) is 10.7. The van der Waals surface area contributed by atoms with Crippen molar-refractivity contribution in [2.45, 2.75) is 20.4 Å². The lowest BCUT2D eigenvalue weighted by atomic mass is 10.2. The Morgan fingerprint density at radius 2 is 2.33 bits per heavy atom. The van der Waals surface area contributed by atoms with Crippen LogP contribution < -0.4 is 0 Å². The summed E-state index contributed by atoms with van der Waals surface area (Å²) >= 11 is 0. The van der Waals surface area contributed by atoms with Crippen LogP contribution in [0.3, 0.4) is 0 Å². The highest BCUT2D eigenvalue weighted by Gasteiger charge is 2.12. The molecule has 0 saturated carbocycles. The van der Waals surface area contributed by atoms with Gasteiger partial charge in [0.05, 0.1) is 13.2 Å². The first-order valence-corrected chi connectivity index (χ1v) is 5.93. The Kier molecular flexibility index (Phi) is 5.81. The average molecular weight is 247 g/mol. The lowest BCUT2D eigenvalue weighted by molar-refractivity contribution is -0.144. The largest absolute Gasteiger partial charge is 0.465 e. The van der Waals surface area contributed by atoms with Crippen LogP contribution in [0.15, 0.2) is 18.3 Å². The highest BCUT2D eigenvalue weighted by atomic mass is 16.5. The Balaban J connectivity index is 2.68. The van der Waals surface area contributed by atoms with E-state index in [1.807, 2.05) is 24.0 Å². The first-order chi connectivity index (χ1) is 8.71. The third-order valence-electron chi connectivity index (χ3n) is 2.50. The summed E-state index contributed by atoms with van der Waals surface area (Å²) in [6, 6.07) is 5.68. The molecule has 0 aliphatic rings. The highest BCUT2D eigenvalue weighted by molar-refractivity contribution is 5.71. The number of pyridine rings is 1. The fraction of sp³-hybridized carbons (Fsp3) is 0.462. The van der Waals surface area contributed by atoms with E-state index in [1.54, 1.807) is 19.2 Å². The fourth-order valence-corrected chi connectivity index (χ4v) is 1.58. The van der Waals surface area contributed by atoms with Crippen molar-refractivity contribution < 1.29 is 9.53 Å². The van der Waals surface area contributed by atoms with Crippen molar-refractivity contribution >= 4 is 5.97 Å². The van der Waals surface area contributed by atoms with Gasteiger partial charge in [0, 0.05) is 18.3 Å². The molecule has 0 spiro atoms. The average Bonchev–Trinajstić information content (AvgIpc) is 2.38. The number of aromatic nitrogens is 1. The lowest BCUT2D eigenvalue weighted by Crippen LogP contribution is -2.30. The van der Waals surface area contributed by atoms with Crippen LogP contribution in [-0.4, -0.2) is 35.5 Å².